The van der Waals surface area contributed by atoms with Crippen molar-refractivity contribution < 1.29 is 9.53 Å². The number of amides is 1. The van der Waals surface area contributed by atoms with E-state index in [9.17, 15) is 4.79 Å². The van der Waals surface area contributed by atoms with Crippen molar-refractivity contribution in [3.05, 3.63) is 41.9 Å². The fraction of sp³-hybridized carbons (Fsp3) is 0.294. The molecule has 0 aliphatic rings. The Balaban J connectivity index is 1.89. The van der Waals surface area contributed by atoms with E-state index in [1.165, 1.54) is 7.11 Å². The van der Waals surface area contributed by atoms with E-state index >= 15 is 0 Å². The van der Waals surface area contributed by atoms with Crippen LogP contribution in [0.1, 0.15) is 0 Å². The Bertz CT molecular complexity index is 792. The van der Waals surface area contributed by atoms with E-state index in [-0.39, 0.29) is 11.2 Å². The molecule has 0 spiro atoms. The SMILES string of the molecule is C=CCNc1nc(OC)nc(N(C)CCSC(=O)Nc2ccccc2Cl)n1. The standard InChI is InChI=1S/C17H21ClN6O2S/c1-4-9-19-14-21-15(23-16(22-14)26-3)24(2)10-11-27-17(25)20-13-8-6-5-7-12(13)18/h4-8H,1,9-11H2,2-3H3,(H,20,25)(H,19,21,22,23). The zero-order chi connectivity index (χ0) is 19.6. The van der Waals surface area contributed by atoms with Crippen molar-refractivity contribution in [2.75, 3.05) is 48.5 Å². The van der Waals surface area contributed by atoms with E-state index in [1.54, 1.807) is 24.3 Å². The summed E-state index contributed by atoms with van der Waals surface area (Å²) in [6.45, 7) is 4.72. The van der Waals surface area contributed by atoms with E-state index in [0.717, 1.165) is 11.8 Å². The summed E-state index contributed by atoms with van der Waals surface area (Å²) in [5.74, 6) is 1.38. The lowest BCUT2D eigenvalue weighted by atomic mass is 10.3. The summed E-state index contributed by atoms with van der Waals surface area (Å²) in [6.07, 6.45) is 1.70. The van der Waals surface area contributed by atoms with Gasteiger partial charge in [0.2, 0.25) is 11.9 Å². The van der Waals surface area contributed by atoms with Gasteiger partial charge < -0.3 is 20.3 Å². The topological polar surface area (TPSA) is 92.3 Å². The number of rotatable bonds is 9. The van der Waals surface area contributed by atoms with Crippen LogP contribution in [-0.2, 0) is 0 Å². The molecular formula is C17H21ClN6O2S. The summed E-state index contributed by atoms with van der Waals surface area (Å²) in [5.41, 5.74) is 0.588. The number of hydrogen-bond donors (Lipinski definition) is 2. The molecule has 2 rings (SSSR count). The number of halogens is 1. The highest BCUT2D eigenvalue weighted by molar-refractivity contribution is 8.13. The number of carbonyl (C=O) groups is 1. The van der Waals surface area contributed by atoms with Crippen molar-refractivity contribution in [1.82, 2.24) is 15.0 Å². The van der Waals surface area contributed by atoms with Gasteiger partial charge in [-0.2, -0.15) is 15.0 Å². The number of hydrogen-bond acceptors (Lipinski definition) is 8. The summed E-state index contributed by atoms with van der Waals surface area (Å²) in [5, 5.41) is 6.09. The zero-order valence-corrected chi connectivity index (χ0v) is 16.7. The first-order valence-electron chi connectivity index (χ1n) is 8.07. The zero-order valence-electron chi connectivity index (χ0n) is 15.1. The van der Waals surface area contributed by atoms with Crippen molar-refractivity contribution >= 4 is 46.2 Å². The fourth-order valence-corrected chi connectivity index (χ4v) is 2.85. The molecule has 144 valence electrons. The maximum Gasteiger partial charge on any atom is 0.322 e. The molecule has 1 aromatic carbocycles. The number of carbonyl (C=O) groups excluding carboxylic acids is 1. The molecule has 27 heavy (non-hydrogen) atoms. The van der Waals surface area contributed by atoms with Crippen LogP contribution in [0.25, 0.3) is 0 Å². The number of anilines is 3. The lowest BCUT2D eigenvalue weighted by molar-refractivity contribution is 0.270. The molecule has 0 bridgehead atoms. The molecule has 0 unspecified atom stereocenters. The van der Waals surface area contributed by atoms with Gasteiger partial charge >= 0.3 is 6.01 Å². The summed E-state index contributed by atoms with van der Waals surface area (Å²) in [6, 6.07) is 7.30. The molecule has 10 heteroatoms. The van der Waals surface area contributed by atoms with Crippen molar-refractivity contribution in [2.24, 2.45) is 0 Å². The van der Waals surface area contributed by atoms with Gasteiger partial charge in [-0.25, -0.2) is 0 Å². The fourth-order valence-electron chi connectivity index (χ4n) is 1.93. The summed E-state index contributed by atoms with van der Waals surface area (Å²) in [4.78, 5) is 26.6. The Morgan fingerprint density at radius 1 is 1.37 bits per heavy atom. The molecule has 0 atom stereocenters. The first-order chi connectivity index (χ1) is 13.0. The number of ether oxygens (including phenoxy) is 1. The van der Waals surface area contributed by atoms with Gasteiger partial charge in [-0.3, -0.25) is 4.79 Å². The van der Waals surface area contributed by atoms with Crippen LogP contribution < -0.4 is 20.3 Å². The van der Waals surface area contributed by atoms with Crippen LogP contribution in [0.2, 0.25) is 5.02 Å². The molecular weight excluding hydrogens is 388 g/mol. The molecule has 1 aromatic heterocycles. The molecule has 1 heterocycles. The minimum Gasteiger partial charge on any atom is -0.467 e. The van der Waals surface area contributed by atoms with E-state index in [2.05, 4.69) is 32.2 Å². The number of benzene rings is 1. The Hall–Kier alpha value is -2.52. The van der Waals surface area contributed by atoms with Crippen LogP contribution in [0.4, 0.5) is 22.4 Å². The second-order valence-corrected chi connectivity index (χ2v) is 6.75. The van der Waals surface area contributed by atoms with E-state index in [4.69, 9.17) is 16.3 Å². The third-order valence-electron chi connectivity index (χ3n) is 3.30. The molecule has 2 aromatic rings. The predicted molar refractivity (Wildman–Crippen MR) is 111 cm³/mol. The minimum atomic E-state index is -0.182. The van der Waals surface area contributed by atoms with Gasteiger partial charge in [-0.1, -0.05) is 41.6 Å². The first-order valence-corrected chi connectivity index (χ1v) is 9.44. The second-order valence-electron chi connectivity index (χ2n) is 5.28. The van der Waals surface area contributed by atoms with Gasteiger partial charge in [0.05, 0.1) is 17.8 Å². The van der Waals surface area contributed by atoms with Crippen molar-refractivity contribution in [3.63, 3.8) is 0 Å². The van der Waals surface area contributed by atoms with Gasteiger partial charge in [-0.05, 0) is 12.1 Å². The van der Waals surface area contributed by atoms with Crippen molar-refractivity contribution in [3.8, 4) is 6.01 Å². The van der Waals surface area contributed by atoms with E-state index in [1.807, 2.05) is 18.0 Å². The summed E-state index contributed by atoms with van der Waals surface area (Å²) in [7, 11) is 3.32. The van der Waals surface area contributed by atoms with Crippen LogP contribution >= 0.6 is 23.4 Å². The first kappa shape index (κ1) is 20.8. The molecule has 0 fully saturated rings. The normalized spacial score (nSPS) is 10.2. The lowest BCUT2D eigenvalue weighted by Crippen LogP contribution is -2.24. The molecule has 2 N–H and O–H groups in total. The summed E-state index contributed by atoms with van der Waals surface area (Å²) >= 11 is 7.18. The lowest BCUT2D eigenvalue weighted by Gasteiger charge is -2.17. The number of methoxy groups -OCH3 is 1. The quantitative estimate of drug-likeness (QED) is 0.609. The van der Waals surface area contributed by atoms with Crippen LogP contribution in [-0.4, -0.2) is 53.2 Å². The number of aromatic nitrogens is 3. The Labute approximate surface area is 167 Å². The largest absolute Gasteiger partial charge is 0.467 e. The number of thioether (sulfide) groups is 1. The highest BCUT2D eigenvalue weighted by atomic mass is 35.5. The Morgan fingerprint density at radius 2 is 2.15 bits per heavy atom. The highest BCUT2D eigenvalue weighted by Gasteiger charge is 2.12. The average molecular weight is 409 g/mol. The van der Waals surface area contributed by atoms with Crippen molar-refractivity contribution in [1.29, 1.82) is 0 Å². The van der Waals surface area contributed by atoms with Crippen LogP contribution in [0.15, 0.2) is 36.9 Å². The highest BCUT2D eigenvalue weighted by Crippen LogP contribution is 2.22. The minimum absolute atomic E-state index is 0.182. The molecule has 8 nitrogen and oxygen atoms in total. The van der Waals surface area contributed by atoms with E-state index < -0.39 is 0 Å². The number of nitrogens with one attached hydrogen (secondary N) is 2. The molecule has 0 saturated carbocycles. The maximum atomic E-state index is 12.0. The van der Waals surface area contributed by atoms with Crippen molar-refractivity contribution in [2.45, 2.75) is 0 Å². The average Bonchev–Trinajstić information content (AvgIpc) is 2.67. The third kappa shape index (κ3) is 6.61. The monoisotopic (exact) mass is 408 g/mol. The molecule has 1 amide bonds. The van der Waals surface area contributed by atoms with Gasteiger partial charge in [0.1, 0.15) is 0 Å². The van der Waals surface area contributed by atoms with E-state index in [0.29, 0.717) is 41.4 Å². The maximum absolute atomic E-state index is 12.0. The Morgan fingerprint density at radius 3 is 2.85 bits per heavy atom. The van der Waals surface area contributed by atoms with Gasteiger partial charge in [0.15, 0.2) is 0 Å². The molecule has 0 saturated heterocycles. The van der Waals surface area contributed by atoms with Gasteiger partial charge in [0, 0.05) is 25.9 Å². The molecule has 0 radical (unpaired) electrons. The van der Waals surface area contributed by atoms with Crippen LogP contribution in [0.5, 0.6) is 6.01 Å². The molecule has 0 aliphatic carbocycles. The van der Waals surface area contributed by atoms with Gasteiger partial charge in [-0.15, -0.1) is 6.58 Å². The second kappa shape index (κ2) is 10.6. The number of nitrogens with zero attached hydrogens (tertiary/aromatic N) is 4. The molecule has 0 aliphatic heterocycles. The van der Waals surface area contributed by atoms with Crippen LogP contribution in [0.3, 0.4) is 0 Å². The summed E-state index contributed by atoms with van der Waals surface area (Å²) < 4.78 is 5.11. The third-order valence-corrected chi connectivity index (χ3v) is 4.38. The smallest absolute Gasteiger partial charge is 0.322 e. The predicted octanol–water partition coefficient (Wildman–Crippen LogP) is 3.53. The number of para-hydroxylation sites is 1. The van der Waals surface area contributed by atoms with Crippen LogP contribution in [0, 0.1) is 0 Å². The Kier molecular flexibility index (Phi) is 8.15. The van der Waals surface area contributed by atoms with Gasteiger partial charge in [0.25, 0.3) is 5.24 Å².